The van der Waals surface area contributed by atoms with Gasteiger partial charge in [-0.15, -0.1) is 0 Å². The molecule has 4 rings (SSSR count). The Morgan fingerprint density at radius 1 is 1.09 bits per heavy atom. The second kappa shape index (κ2) is 10.2. The van der Waals surface area contributed by atoms with Gasteiger partial charge in [0, 0.05) is 17.9 Å². The second-order valence-electron chi connectivity index (χ2n) is 7.61. The third kappa shape index (κ3) is 5.24. The summed E-state index contributed by atoms with van der Waals surface area (Å²) >= 11 is 1.51. The molecule has 2 heterocycles. The highest BCUT2D eigenvalue weighted by Gasteiger charge is 2.33. The molecule has 0 aliphatic carbocycles. The number of ether oxygens (including phenoxy) is 1. The van der Waals surface area contributed by atoms with Gasteiger partial charge in [-0.3, -0.25) is 9.69 Å². The van der Waals surface area contributed by atoms with Crippen molar-refractivity contribution in [3.8, 4) is 5.75 Å². The van der Waals surface area contributed by atoms with E-state index in [2.05, 4.69) is 22.2 Å². The molecule has 1 aromatic heterocycles. The number of hydrogen-bond acceptors (Lipinski definition) is 6. The van der Waals surface area contributed by atoms with E-state index in [1.54, 1.807) is 7.11 Å². The molecule has 0 fully saturated rings. The molecule has 172 valence electrons. The Hall–Kier alpha value is -3.20. The fourth-order valence-corrected chi connectivity index (χ4v) is 4.21. The zero-order valence-corrected chi connectivity index (χ0v) is 19.2. The first-order valence-electron chi connectivity index (χ1n) is 10.6. The van der Waals surface area contributed by atoms with Crippen molar-refractivity contribution in [2.24, 2.45) is 0 Å². The van der Waals surface area contributed by atoms with Crippen molar-refractivity contribution in [2.75, 3.05) is 23.1 Å². The lowest BCUT2D eigenvalue weighted by Gasteiger charge is -2.18. The van der Waals surface area contributed by atoms with Gasteiger partial charge in [0.2, 0.25) is 5.91 Å². The highest BCUT2D eigenvalue weighted by molar-refractivity contribution is 7.99. The van der Waals surface area contributed by atoms with Crippen LogP contribution in [0.15, 0.2) is 47.6 Å². The van der Waals surface area contributed by atoms with Crippen molar-refractivity contribution in [2.45, 2.75) is 38.0 Å². The maximum Gasteiger partial charge on any atom is 0.233 e. The number of halogens is 2. The molecule has 0 bridgehead atoms. The van der Waals surface area contributed by atoms with E-state index in [0.29, 0.717) is 34.5 Å². The Kier molecular flexibility index (Phi) is 7.08. The van der Waals surface area contributed by atoms with Gasteiger partial charge < -0.3 is 10.1 Å². The molecule has 1 aliphatic heterocycles. The SMILES string of the molecule is CCCSc1nc(NCc2ccc(OC)cc2)c2c(n1)N(Cc1ccc(F)c(F)c1)C(=O)C2. The fraction of sp³-hybridized carbons (Fsp3) is 0.292. The van der Waals surface area contributed by atoms with E-state index < -0.39 is 11.6 Å². The molecule has 0 spiro atoms. The Balaban J connectivity index is 1.62. The number of hydrogen-bond donors (Lipinski definition) is 1. The number of anilines is 2. The minimum Gasteiger partial charge on any atom is -0.497 e. The van der Waals surface area contributed by atoms with Crippen LogP contribution in [0.5, 0.6) is 5.75 Å². The zero-order chi connectivity index (χ0) is 23.4. The van der Waals surface area contributed by atoms with E-state index in [9.17, 15) is 13.6 Å². The van der Waals surface area contributed by atoms with E-state index in [-0.39, 0.29) is 18.9 Å². The van der Waals surface area contributed by atoms with E-state index >= 15 is 0 Å². The number of methoxy groups -OCH3 is 1. The van der Waals surface area contributed by atoms with Crippen LogP contribution in [0.3, 0.4) is 0 Å². The van der Waals surface area contributed by atoms with Crippen molar-refractivity contribution >= 4 is 29.3 Å². The maximum absolute atomic E-state index is 13.7. The van der Waals surface area contributed by atoms with Crippen molar-refractivity contribution in [3.05, 3.63) is 70.8 Å². The number of aromatic nitrogens is 2. The largest absolute Gasteiger partial charge is 0.497 e. The van der Waals surface area contributed by atoms with Crippen LogP contribution in [0.2, 0.25) is 0 Å². The summed E-state index contributed by atoms with van der Waals surface area (Å²) in [5.74, 6) is 0.715. The number of amides is 1. The highest BCUT2D eigenvalue weighted by Crippen LogP contribution is 2.35. The lowest BCUT2D eigenvalue weighted by Crippen LogP contribution is -2.26. The first-order chi connectivity index (χ1) is 16.0. The third-order valence-electron chi connectivity index (χ3n) is 5.23. The van der Waals surface area contributed by atoms with Crippen LogP contribution in [0.4, 0.5) is 20.4 Å². The van der Waals surface area contributed by atoms with Gasteiger partial charge in [0.25, 0.3) is 0 Å². The number of benzene rings is 2. The third-order valence-corrected chi connectivity index (χ3v) is 6.28. The summed E-state index contributed by atoms with van der Waals surface area (Å²) in [6.07, 6.45) is 1.10. The van der Waals surface area contributed by atoms with Crippen molar-refractivity contribution in [1.82, 2.24) is 9.97 Å². The number of fused-ring (bicyclic) bond motifs is 1. The van der Waals surface area contributed by atoms with E-state index in [4.69, 9.17) is 4.74 Å². The van der Waals surface area contributed by atoms with Crippen LogP contribution in [0.25, 0.3) is 0 Å². The summed E-state index contributed by atoms with van der Waals surface area (Å²) in [4.78, 5) is 23.7. The molecule has 0 saturated heterocycles. The molecule has 1 aliphatic rings. The van der Waals surface area contributed by atoms with E-state index in [1.807, 2.05) is 24.3 Å². The molecule has 2 aromatic carbocycles. The predicted octanol–water partition coefficient (Wildman–Crippen LogP) is 4.97. The number of rotatable bonds is 9. The van der Waals surface area contributed by atoms with Crippen LogP contribution in [-0.4, -0.2) is 28.7 Å². The molecular weight excluding hydrogens is 446 g/mol. The van der Waals surface area contributed by atoms with E-state index in [1.165, 1.54) is 22.7 Å². The summed E-state index contributed by atoms with van der Waals surface area (Å²) < 4.78 is 32.2. The lowest BCUT2D eigenvalue weighted by atomic mass is 10.2. The molecule has 0 saturated carbocycles. The molecule has 1 N–H and O–H groups in total. The number of nitrogens with one attached hydrogen (secondary N) is 1. The molecule has 9 heteroatoms. The van der Waals surface area contributed by atoms with Gasteiger partial charge >= 0.3 is 0 Å². The van der Waals surface area contributed by atoms with Crippen LogP contribution in [0.1, 0.15) is 30.0 Å². The minimum absolute atomic E-state index is 0.107. The minimum atomic E-state index is -0.942. The lowest BCUT2D eigenvalue weighted by molar-refractivity contribution is -0.117. The summed E-state index contributed by atoms with van der Waals surface area (Å²) in [7, 11) is 1.62. The van der Waals surface area contributed by atoms with Crippen molar-refractivity contribution in [1.29, 1.82) is 0 Å². The molecule has 33 heavy (non-hydrogen) atoms. The fourth-order valence-electron chi connectivity index (χ4n) is 3.52. The molecule has 3 aromatic rings. The topological polar surface area (TPSA) is 67.4 Å². The summed E-state index contributed by atoms with van der Waals surface area (Å²) in [5.41, 5.74) is 2.23. The van der Waals surface area contributed by atoms with Gasteiger partial charge in [0.15, 0.2) is 16.8 Å². The average molecular weight is 471 g/mol. The van der Waals surface area contributed by atoms with Gasteiger partial charge in [-0.1, -0.05) is 36.9 Å². The molecular formula is C24H24F2N4O2S. The summed E-state index contributed by atoms with van der Waals surface area (Å²) in [6, 6.07) is 11.3. The van der Waals surface area contributed by atoms with Gasteiger partial charge in [0.05, 0.1) is 20.1 Å². The van der Waals surface area contributed by atoms with Crippen LogP contribution in [-0.2, 0) is 24.3 Å². The summed E-state index contributed by atoms with van der Waals surface area (Å²) in [6.45, 7) is 2.70. The van der Waals surface area contributed by atoms with Gasteiger partial charge in [0.1, 0.15) is 17.4 Å². The number of thioether (sulfide) groups is 1. The number of carbonyl (C=O) groups excluding carboxylic acids is 1. The average Bonchev–Trinajstić information content (AvgIpc) is 3.14. The Bertz CT molecular complexity index is 1160. The first-order valence-corrected chi connectivity index (χ1v) is 11.6. The van der Waals surface area contributed by atoms with Crippen LogP contribution >= 0.6 is 11.8 Å². The zero-order valence-electron chi connectivity index (χ0n) is 18.4. The van der Waals surface area contributed by atoms with Gasteiger partial charge in [-0.2, -0.15) is 0 Å². The standard InChI is InChI=1S/C24H24F2N4O2S/c1-3-10-33-24-28-22(27-13-15-4-7-17(32-2)8-5-15)18-12-21(31)30(23(18)29-24)14-16-6-9-19(25)20(26)11-16/h4-9,11H,3,10,12-14H2,1-2H3,(H,27,28,29). The second-order valence-corrected chi connectivity index (χ2v) is 8.67. The Morgan fingerprint density at radius 2 is 1.85 bits per heavy atom. The normalized spacial score (nSPS) is 12.7. The van der Waals surface area contributed by atoms with Gasteiger partial charge in [-0.05, 0) is 41.8 Å². The summed E-state index contributed by atoms with van der Waals surface area (Å²) in [5, 5.41) is 3.91. The molecule has 0 atom stereocenters. The van der Waals surface area contributed by atoms with Crippen LogP contribution < -0.4 is 15.0 Å². The van der Waals surface area contributed by atoms with E-state index in [0.717, 1.165) is 35.6 Å². The first kappa shape index (κ1) is 23.0. The monoisotopic (exact) mass is 470 g/mol. The Morgan fingerprint density at radius 3 is 2.55 bits per heavy atom. The Labute approximate surface area is 195 Å². The number of nitrogens with zero attached hydrogens (tertiary/aromatic N) is 3. The maximum atomic E-state index is 13.7. The number of carbonyl (C=O) groups is 1. The molecule has 0 radical (unpaired) electrons. The van der Waals surface area contributed by atoms with Crippen LogP contribution in [0, 0.1) is 11.6 Å². The highest BCUT2D eigenvalue weighted by atomic mass is 32.2. The molecule has 1 amide bonds. The predicted molar refractivity (Wildman–Crippen MR) is 125 cm³/mol. The smallest absolute Gasteiger partial charge is 0.233 e. The molecule has 0 unspecified atom stereocenters. The van der Waals surface area contributed by atoms with Crippen molar-refractivity contribution < 1.29 is 18.3 Å². The quantitative estimate of drug-likeness (QED) is 0.352. The molecule has 6 nitrogen and oxygen atoms in total. The van der Waals surface area contributed by atoms with Gasteiger partial charge in [-0.25, -0.2) is 18.7 Å². The van der Waals surface area contributed by atoms with Crippen molar-refractivity contribution in [3.63, 3.8) is 0 Å².